The third kappa shape index (κ3) is 3.51. The summed E-state index contributed by atoms with van der Waals surface area (Å²) >= 11 is 3.39. The summed E-state index contributed by atoms with van der Waals surface area (Å²) in [5.74, 6) is -0.352. The highest BCUT2D eigenvalue weighted by atomic mass is 79.9. The molecule has 0 fully saturated rings. The number of nitrogens with zero attached hydrogens (tertiary/aromatic N) is 1. The van der Waals surface area contributed by atoms with Gasteiger partial charge in [-0.3, -0.25) is 9.59 Å². The summed E-state index contributed by atoms with van der Waals surface area (Å²) in [6.07, 6.45) is 0. The molecule has 3 aromatic carbocycles. The van der Waals surface area contributed by atoms with Crippen molar-refractivity contribution in [2.75, 3.05) is 5.32 Å². The molecule has 134 valence electrons. The van der Waals surface area contributed by atoms with Crippen molar-refractivity contribution >= 4 is 33.4 Å². The van der Waals surface area contributed by atoms with E-state index in [9.17, 15) is 9.59 Å². The molecule has 0 unspecified atom stereocenters. The number of nitrogens with one attached hydrogen (secondary N) is 1. The standard InChI is InChI=1S/C22H17BrN2O2/c23-17-10-12-18(13-11-17)24-21(26)20(15-6-2-1-3-7-15)25-14-16-8-4-5-9-19(16)22(25)27/h1-13,20H,14H2,(H,24,26)/t20-/m0/s1. The van der Waals surface area contributed by atoms with E-state index in [1.165, 1.54) is 0 Å². The van der Waals surface area contributed by atoms with Gasteiger partial charge in [0.2, 0.25) is 0 Å². The molecule has 0 aliphatic carbocycles. The van der Waals surface area contributed by atoms with E-state index in [1.54, 1.807) is 4.90 Å². The Balaban J connectivity index is 1.67. The molecule has 1 aliphatic heterocycles. The molecule has 0 spiro atoms. The zero-order valence-corrected chi connectivity index (χ0v) is 16.0. The summed E-state index contributed by atoms with van der Waals surface area (Å²) in [5, 5.41) is 2.94. The van der Waals surface area contributed by atoms with Crippen molar-refractivity contribution in [2.24, 2.45) is 0 Å². The van der Waals surface area contributed by atoms with E-state index >= 15 is 0 Å². The molecule has 4 nitrogen and oxygen atoms in total. The van der Waals surface area contributed by atoms with Gasteiger partial charge in [0.05, 0.1) is 0 Å². The van der Waals surface area contributed by atoms with Crippen molar-refractivity contribution < 1.29 is 9.59 Å². The monoisotopic (exact) mass is 420 g/mol. The highest BCUT2D eigenvalue weighted by Crippen LogP contribution is 2.32. The van der Waals surface area contributed by atoms with Crippen molar-refractivity contribution in [2.45, 2.75) is 12.6 Å². The number of amides is 2. The Morgan fingerprint density at radius 1 is 0.926 bits per heavy atom. The first-order valence-corrected chi connectivity index (χ1v) is 9.43. The van der Waals surface area contributed by atoms with Gasteiger partial charge in [-0.05, 0) is 41.5 Å². The van der Waals surface area contributed by atoms with Crippen molar-refractivity contribution in [3.8, 4) is 0 Å². The third-order valence-corrected chi connectivity index (χ3v) is 5.17. The maximum atomic E-state index is 13.2. The molecule has 1 N–H and O–H groups in total. The molecule has 0 saturated carbocycles. The van der Waals surface area contributed by atoms with E-state index in [0.29, 0.717) is 17.8 Å². The van der Waals surface area contributed by atoms with Crippen molar-refractivity contribution in [1.29, 1.82) is 0 Å². The number of anilines is 1. The Kier molecular flexibility index (Phi) is 4.77. The van der Waals surface area contributed by atoms with Gasteiger partial charge in [0.1, 0.15) is 6.04 Å². The predicted molar refractivity (Wildman–Crippen MR) is 108 cm³/mol. The largest absolute Gasteiger partial charge is 0.324 e. The van der Waals surface area contributed by atoms with Crippen LogP contribution in [0.25, 0.3) is 0 Å². The number of rotatable bonds is 4. The number of halogens is 1. The minimum atomic E-state index is -0.699. The van der Waals surface area contributed by atoms with Crippen molar-refractivity contribution in [3.63, 3.8) is 0 Å². The summed E-state index contributed by atoms with van der Waals surface area (Å²) in [5.41, 5.74) is 3.08. The lowest BCUT2D eigenvalue weighted by molar-refractivity contribution is -0.120. The van der Waals surface area contributed by atoms with Gasteiger partial charge in [0, 0.05) is 22.3 Å². The van der Waals surface area contributed by atoms with Gasteiger partial charge < -0.3 is 10.2 Å². The van der Waals surface area contributed by atoms with Crippen LogP contribution in [-0.2, 0) is 11.3 Å². The van der Waals surface area contributed by atoms with Gasteiger partial charge in [-0.15, -0.1) is 0 Å². The van der Waals surface area contributed by atoms with Gasteiger partial charge in [-0.1, -0.05) is 64.5 Å². The van der Waals surface area contributed by atoms with Crippen LogP contribution in [0.5, 0.6) is 0 Å². The minimum Gasteiger partial charge on any atom is -0.324 e. The van der Waals surface area contributed by atoms with E-state index in [-0.39, 0.29) is 11.8 Å². The molecule has 3 aromatic rings. The summed E-state index contributed by atoms with van der Waals surface area (Å²) in [7, 11) is 0. The van der Waals surface area contributed by atoms with Gasteiger partial charge >= 0.3 is 0 Å². The highest BCUT2D eigenvalue weighted by Gasteiger charge is 2.37. The second-order valence-electron chi connectivity index (χ2n) is 6.40. The Bertz CT molecular complexity index is 987. The van der Waals surface area contributed by atoms with Gasteiger partial charge in [0.15, 0.2) is 0 Å². The van der Waals surface area contributed by atoms with E-state index in [0.717, 1.165) is 15.6 Å². The molecular weight excluding hydrogens is 404 g/mol. The first-order valence-electron chi connectivity index (χ1n) is 8.64. The van der Waals surface area contributed by atoms with E-state index in [1.807, 2.05) is 78.9 Å². The fourth-order valence-electron chi connectivity index (χ4n) is 3.34. The molecule has 4 rings (SSSR count). The van der Waals surface area contributed by atoms with Crippen LogP contribution in [0.3, 0.4) is 0 Å². The lowest BCUT2D eigenvalue weighted by Crippen LogP contribution is -2.37. The summed E-state index contributed by atoms with van der Waals surface area (Å²) in [4.78, 5) is 27.8. The van der Waals surface area contributed by atoms with Crippen LogP contribution in [0.1, 0.15) is 27.5 Å². The first kappa shape index (κ1) is 17.5. The van der Waals surface area contributed by atoms with E-state index in [4.69, 9.17) is 0 Å². The average molecular weight is 421 g/mol. The lowest BCUT2D eigenvalue weighted by Gasteiger charge is -2.27. The van der Waals surface area contributed by atoms with Gasteiger partial charge in [0.25, 0.3) is 11.8 Å². The second kappa shape index (κ2) is 7.37. The quantitative estimate of drug-likeness (QED) is 0.659. The number of carbonyl (C=O) groups is 2. The third-order valence-electron chi connectivity index (χ3n) is 4.64. The Morgan fingerprint density at radius 3 is 2.30 bits per heavy atom. The Hall–Kier alpha value is -2.92. The zero-order valence-electron chi connectivity index (χ0n) is 14.4. The SMILES string of the molecule is O=C(Nc1ccc(Br)cc1)[C@H](c1ccccc1)N1Cc2ccccc2C1=O. The number of hydrogen-bond donors (Lipinski definition) is 1. The molecule has 0 bridgehead atoms. The maximum absolute atomic E-state index is 13.2. The molecule has 0 radical (unpaired) electrons. The van der Waals surface area contributed by atoms with Crippen LogP contribution >= 0.6 is 15.9 Å². The van der Waals surface area contributed by atoms with Crippen LogP contribution in [0.15, 0.2) is 83.3 Å². The Labute approximate surface area is 165 Å². The first-order chi connectivity index (χ1) is 13.1. The summed E-state index contributed by atoms with van der Waals surface area (Å²) in [6, 6.07) is 23.6. The van der Waals surface area contributed by atoms with Gasteiger partial charge in [-0.25, -0.2) is 0 Å². The molecular formula is C22H17BrN2O2. The minimum absolute atomic E-state index is 0.120. The number of hydrogen-bond acceptors (Lipinski definition) is 2. The molecule has 1 aliphatic rings. The normalized spacial score (nSPS) is 14.0. The molecule has 0 saturated heterocycles. The second-order valence-corrected chi connectivity index (χ2v) is 7.32. The van der Waals surface area contributed by atoms with Crippen molar-refractivity contribution in [1.82, 2.24) is 4.90 Å². The predicted octanol–water partition coefficient (Wildman–Crippen LogP) is 4.78. The molecule has 0 aromatic heterocycles. The van der Waals surface area contributed by atoms with Gasteiger partial charge in [-0.2, -0.15) is 0 Å². The van der Waals surface area contributed by atoms with Crippen molar-refractivity contribution in [3.05, 3.63) is 100 Å². The van der Waals surface area contributed by atoms with Crippen LogP contribution in [0.4, 0.5) is 5.69 Å². The van der Waals surface area contributed by atoms with E-state index < -0.39 is 6.04 Å². The smallest absolute Gasteiger partial charge is 0.255 e. The number of fused-ring (bicyclic) bond motifs is 1. The molecule has 27 heavy (non-hydrogen) atoms. The Morgan fingerprint density at radius 2 is 1.59 bits per heavy atom. The topological polar surface area (TPSA) is 49.4 Å². The fourth-order valence-corrected chi connectivity index (χ4v) is 3.60. The maximum Gasteiger partial charge on any atom is 0.255 e. The number of benzene rings is 3. The highest BCUT2D eigenvalue weighted by molar-refractivity contribution is 9.10. The molecule has 2 amide bonds. The number of carbonyl (C=O) groups excluding carboxylic acids is 2. The fraction of sp³-hybridized carbons (Fsp3) is 0.0909. The van der Waals surface area contributed by atoms with Crippen LogP contribution in [0.2, 0.25) is 0 Å². The summed E-state index contributed by atoms with van der Waals surface area (Å²) < 4.78 is 0.935. The molecule has 5 heteroatoms. The lowest BCUT2D eigenvalue weighted by atomic mass is 10.0. The van der Waals surface area contributed by atoms with E-state index in [2.05, 4.69) is 21.2 Å². The molecule has 1 heterocycles. The zero-order chi connectivity index (χ0) is 18.8. The van der Waals surface area contributed by atoms with Crippen LogP contribution in [0, 0.1) is 0 Å². The van der Waals surface area contributed by atoms with Crippen LogP contribution < -0.4 is 5.32 Å². The average Bonchev–Trinajstić information content (AvgIpc) is 3.01. The van der Waals surface area contributed by atoms with Crippen LogP contribution in [-0.4, -0.2) is 16.7 Å². The summed E-state index contributed by atoms with van der Waals surface area (Å²) in [6.45, 7) is 0.419. The molecule has 1 atom stereocenters.